The van der Waals surface area contributed by atoms with Gasteiger partial charge in [-0.15, -0.1) is 5.10 Å². The van der Waals surface area contributed by atoms with Crippen LogP contribution in [0.5, 0.6) is 0 Å². The van der Waals surface area contributed by atoms with Gasteiger partial charge >= 0.3 is 0 Å². The number of imidazole rings is 1. The summed E-state index contributed by atoms with van der Waals surface area (Å²) in [5, 5.41) is 19.0. The topological polar surface area (TPSA) is 93.1 Å². The van der Waals surface area contributed by atoms with E-state index in [-0.39, 0.29) is 5.92 Å². The lowest BCUT2D eigenvalue weighted by atomic mass is 9.91. The van der Waals surface area contributed by atoms with Gasteiger partial charge in [0.1, 0.15) is 23.4 Å². The molecule has 0 radical (unpaired) electrons. The molecule has 1 fully saturated rings. The molecule has 8 heteroatoms. The van der Waals surface area contributed by atoms with Gasteiger partial charge in [0.25, 0.3) is 0 Å². The van der Waals surface area contributed by atoms with Gasteiger partial charge in [-0.25, -0.2) is 9.97 Å². The van der Waals surface area contributed by atoms with Crippen LogP contribution in [0.1, 0.15) is 36.3 Å². The Morgan fingerprint density at radius 3 is 2.67 bits per heavy atom. The highest BCUT2D eigenvalue weighted by molar-refractivity contribution is 5.62. The van der Waals surface area contributed by atoms with Crippen LogP contribution in [0.15, 0.2) is 29.1 Å². The molecule has 0 amide bonds. The van der Waals surface area contributed by atoms with Gasteiger partial charge in [-0.1, -0.05) is 0 Å². The van der Waals surface area contributed by atoms with Crippen LogP contribution in [0.25, 0.3) is 11.3 Å². The molecular formula is C19H24N6O2. The summed E-state index contributed by atoms with van der Waals surface area (Å²) in [6.45, 7) is 5.40. The summed E-state index contributed by atoms with van der Waals surface area (Å²) in [4.78, 5) is 11.1. The quantitative estimate of drug-likeness (QED) is 0.756. The molecule has 4 rings (SSSR count). The number of furan rings is 1. The van der Waals surface area contributed by atoms with Crippen molar-refractivity contribution in [1.82, 2.24) is 24.7 Å². The van der Waals surface area contributed by atoms with E-state index in [1.165, 1.54) is 0 Å². The number of aliphatic hydroxyl groups excluding tert-OH is 1. The van der Waals surface area contributed by atoms with E-state index >= 15 is 0 Å². The first kappa shape index (κ1) is 17.7. The van der Waals surface area contributed by atoms with Crippen LogP contribution in [-0.2, 0) is 7.05 Å². The van der Waals surface area contributed by atoms with Gasteiger partial charge < -0.3 is 19.0 Å². The Labute approximate surface area is 157 Å². The van der Waals surface area contributed by atoms with Crippen molar-refractivity contribution < 1.29 is 9.52 Å². The predicted octanol–water partition coefficient (Wildman–Crippen LogP) is 2.43. The molecule has 27 heavy (non-hydrogen) atoms. The van der Waals surface area contributed by atoms with Crippen molar-refractivity contribution in [2.45, 2.75) is 32.8 Å². The first-order valence-electron chi connectivity index (χ1n) is 9.20. The maximum atomic E-state index is 10.6. The van der Waals surface area contributed by atoms with Gasteiger partial charge in [0, 0.05) is 38.1 Å². The second kappa shape index (κ2) is 7.11. The summed E-state index contributed by atoms with van der Waals surface area (Å²) in [5.74, 6) is 3.20. The standard InChI is InChI=1S/C19H24N6O2/c1-12-10-15(13(2)27-12)16-11-21-23-19(22-16)25-7-4-14(5-8-25)17(26)18-20-6-9-24(18)3/h6,9-11,14,17,26H,4-5,7-8H2,1-3H3/t17-/m0/s1. The minimum absolute atomic E-state index is 0.178. The Kier molecular flexibility index (Phi) is 4.65. The molecule has 1 N–H and O–H groups in total. The molecule has 0 unspecified atom stereocenters. The summed E-state index contributed by atoms with van der Waals surface area (Å²) >= 11 is 0. The van der Waals surface area contributed by atoms with Gasteiger partial charge in [0.15, 0.2) is 0 Å². The summed E-state index contributed by atoms with van der Waals surface area (Å²) in [6.07, 6.45) is 6.40. The number of nitrogens with zero attached hydrogens (tertiary/aromatic N) is 6. The van der Waals surface area contributed by atoms with Gasteiger partial charge in [-0.2, -0.15) is 5.10 Å². The Morgan fingerprint density at radius 1 is 1.26 bits per heavy atom. The first-order valence-corrected chi connectivity index (χ1v) is 9.20. The van der Waals surface area contributed by atoms with Crippen LogP contribution in [0.4, 0.5) is 5.95 Å². The maximum absolute atomic E-state index is 10.6. The van der Waals surface area contributed by atoms with E-state index in [0.29, 0.717) is 5.95 Å². The number of hydrogen-bond donors (Lipinski definition) is 1. The molecule has 0 aliphatic carbocycles. The molecule has 0 aromatic carbocycles. The van der Waals surface area contributed by atoms with Crippen LogP contribution in [0, 0.1) is 19.8 Å². The lowest BCUT2D eigenvalue weighted by Crippen LogP contribution is -2.37. The van der Waals surface area contributed by atoms with Crippen molar-refractivity contribution in [3.63, 3.8) is 0 Å². The van der Waals surface area contributed by atoms with Gasteiger partial charge in [-0.3, -0.25) is 0 Å². The zero-order chi connectivity index (χ0) is 19.0. The maximum Gasteiger partial charge on any atom is 0.245 e. The van der Waals surface area contributed by atoms with Crippen molar-refractivity contribution >= 4 is 5.95 Å². The molecule has 0 saturated carbocycles. The fraction of sp³-hybridized carbons (Fsp3) is 0.474. The van der Waals surface area contributed by atoms with Crippen LogP contribution < -0.4 is 4.90 Å². The highest BCUT2D eigenvalue weighted by Crippen LogP contribution is 2.31. The van der Waals surface area contributed by atoms with E-state index in [2.05, 4.69) is 25.1 Å². The van der Waals surface area contributed by atoms with Crippen molar-refractivity contribution in [1.29, 1.82) is 0 Å². The van der Waals surface area contributed by atoms with Crippen molar-refractivity contribution in [3.05, 3.63) is 42.0 Å². The van der Waals surface area contributed by atoms with E-state index in [9.17, 15) is 5.11 Å². The second-order valence-electron chi connectivity index (χ2n) is 7.13. The highest BCUT2D eigenvalue weighted by Gasteiger charge is 2.29. The fourth-order valence-corrected chi connectivity index (χ4v) is 3.73. The third-order valence-electron chi connectivity index (χ3n) is 5.26. The molecule has 0 bridgehead atoms. The van der Waals surface area contributed by atoms with Gasteiger partial charge in [0.2, 0.25) is 5.95 Å². The van der Waals surface area contributed by atoms with E-state index < -0.39 is 6.10 Å². The van der Waals surface area contributed by atoms with Crippen molar-refractivity contribution in [3.8, 4) is 11.3 Å². The molecule has 3 aromatic heterocycles. The van der Waals surface area contributed by atoms with Crippen LogP contribution in [0.3, 0.4) is 0 Å². The Hall–Kier alpha value is -2.74. The normalized spacial score (nSPS) is 16.7. The minimum Gasteiger partial charge on any atom is -0.466 e. The number of rotatable bonds is 4. The molecule has 142 valence electrons. The molecule has 0 spiro atoms. The predicted molar refractivity (Wildman–Crippen MR) is 100 cm³/mol. The number of aliphatic hydroxyl groups is 1. The smallest absolute Gasteiger partial charge is 0.245 e. The highest BCUT2D eigenvalue weighted by atomic mass is 16.3. The molecule has 8 nitrogen and oxygen atoms in total. The zero-order valence-electron chi connectivity index (χ0n) is 15.8. The fourth-order valence-electron chi connectivity index (χ4n) is 3.73. The zero-order valence-corrected chi connectivity index (χ0v) is 15.8. The Balaban J connectivity index is 1.46. The molecule has 4 heterocycles. The average Bonchev–Trinajstić information content (AvgIpc) is 3.26. The van der Waals surface area contributed by atoms with Crippen LogP contribution in [-0.4, -0.2) is 42.9 Å². The lowest BCUT2D eigenvalue weighted by molar-refractivity contribution is 0.0823. The third-order valence-corrected chi connectivity index (χ3v) is 5.26. The summed E-state index contributed by atoms with van der Waals surface area (Å²) in [7, 11) is 1.91. The minimum atomic E-state index is -0.547. The van der Waals surface area contributed by atoms with E-state index in [4.69, 9.17) is 4.42 Å². The lowest BCUT2D eigenvalue weighted by Gasteiger charge is -2.33. The SMILES string of the molecule is Cc1cc(-c2cnnc(N3CCC([C@H](O)c4nccn4C)CC3)n2)c(C)o1. The number of piperidine rings is 1. The third kappa shape index (κ3) is 3.44. The monoisotopic (exact) mass is 368 g/mol. The molecule has 1 aliphatic heterocycles. The molecule has 1 atom stereocenters. The van der Waals surface area contributed by atoms with E-state index in [1.54, 1.807) is 12.4 Å². The van der Waals surface area contributed by atoms with Crippen LogP contribution in [0.2, 0.25) is 0 Å². The molecular weight excluding hydrogens is 344 g/mol. The van der Waals surface area contributed by atoms with Gasteiger partial charge in [0.05, 0.1) is 11.9 Å². The van der Waals surface area contributed by atoms with Crippen molar-refractivity contribution in [2.24, 2.45) is 13.0 Å². The summed E-state index contributed by atoms with van der Waals surface area (Å²) < 4.78 is 7.48. The summed E-state index contributed by atoms with van der Waals surface area (Å²) in [5.41, 5.74) is 1.72. The van der Waals surface area contributed by atoms with E-state index in [0.717, 1.165) is 54.5 Å². The van der Waals surface area contributed by atoms with E-state index in [1.807, 2.05) is 37.7 Å². The largest absolute Gasteiger partial charge is 0.466 e. The van der Waals surface area contributed by atoms with Gasteiger partial charge in [-0.05, 0) is 38.7 Å². The number of hydrogen-bond acceptors (Lipinski definition) is 7. The number of aromatic nitrogens is 5. The first-order chi connectivity index (χ1) is 13.0. The number of anilines is 1. The number of aryl methyl sites for hydroxylation is 3. The average molecular weight is 368 g/mol. The Morgan fingerprint density at radius 2 is 2.04 bits per heavy atom. The molecule has 1 aliphatic rings. The summed E-state index contributed by atoms with van der Waals surface area (Å²) in [6, 6.07) is 1.97. The second-order valence-corrected chi connectivity index (χ2v) is 7.13. The molecule has 1 saturated heterocycles. The molecule has 3 aromatic rings. The Bertz CT molecular complexity index is 926. The van der Waals surface area contributed by atoms with Crippen LogP contribution >= 0.6 is 0 Å². The van der Waals surface area contributed by atoms with Crippen molar-refractivity contribution in [2.75, 3.05) is 18.0 Å².